The van der Waals surface area contributed by atoms with Gasteiger partial charge in [0.25, 0.3) is 0 Å². The van der Waals surface area contributed by atoms with Gasteiger partial charge in [-0.05, 0) is 29.5 Å². The van der Waals surface area contributed by atoms with Crippen molar-refractivity contribution in [1.29, 1.82) is 0 Å². The normalized spacial score (nSPS) is 9.88. The molecule has 5 heteroatoms. The van der Waals surface area contributed by atoms with E-state index in [4.69, 9.17) is 4.74 Å². The van der Waals surface area contributed by atoms with Crippen molar-refractivity contribution in [2.75, 3.05) is 19.1 Å². The van der Waals surface area contributed by atoms with E-state index in [0.29, 0.717) is 0 Å². The van der Waals surface area contributed by atoms with Gasteiger partial charge in [-0.3, -0.25) is 0 Å². The van der Waals surface area contributed by atoms with Gasteiger partial charge in [0.15, 0.2) is 5.82 Å². The number of aromatic nitrogens is 3. The lowest BCUT2D eigenvalue weighted by atomic mass is 10.3. The maximum atomic E-state index is 5.10. The Balaban J connectivity index is 2.24. The first-order valence-electron chi connectivity index (χ1n) is 4.83. The van der Waals surface area contributed by atoms with E-state index < -0.39 is 0 Å². The van der Waals surface area contributed by atoms with Gasteiger partial charge in [-0.15, -0.1) is 10.2 Å². The molecule has 0 amide bonds. The first kappa shape index (κ1) is 10.4. The summed E-state index contributed by atoms with van der Waals surface area (Å²) in [6.07, 6.45) is 1.61. The highest BCUT2D eigenvalue weighted by molar-refractivity contribution is 5.59. The van der Waals surface area contributed by atoms with Crippen LogP contribution in [0.1, 0.15) is 0 Å². The van der Waals surface area contributed by atoms with E-state index in [0.717, 1.165) is 17.3 Å². The van der Waals surface area contributed by atoms with Crippen molar-refractivity contribution < 1.29 is 4.74 Å². The van der Waals surface area contributed by atoms with Gasteiger partial charge in [0.05, 0.1) is 13.3 Å². The van der Waals surface area contributed by atoms with Gasteiger partial charge in [-0.25, -0.2) is 0 Å². The molecule has 0 fully saturated rings. The van der Waals surface area contributed by atoms with E-state index in [1.54, 1.807) is 19.4 Å². The quantitative estimate of drug-likeness (QED) is 0.780. The number of ether oxygens (including phenoxy) is 1. The number of methoxy groups -OCH3 is 1. The summed E-state index contributed by atoms with van der Waals surface area (Å²) < 4.78 is 5.10. The Morgan fingerprint density at radius 3 is 2.44 bits per heavy atom. The molecular weight excluding hydrogens is 204 g/mol. The summed E-state index contributed by atoms with van der Waals surface area (Å²) in [5.74, 6) is 1.58. The van der Waals surface area contributed by atoms with E-state index in [-0.39, 0.29) is 0 Å². The minimum atomic E-state index is 0.750. The molecule has 0 atom stereocenters. The second kappa shape index (κ2) is 4.57. The highest BCUT2D eigenvalue weighted by Crippen LogP contribution is 2.22. The Bertz CT molecular complexity index is 443. The second-order valence-electron chi connectivity index (χ2n) is 3.24. The van der Waals surface area contributed by atoms with Crippen molar-refractivity contribution in [3.05, 3.63) is 36.5 Å². The number of benzene rings is 1. The molecule has 0 saturated carbocycles. The minimum Gasteiger partial charge on any atom is -0.497 e. The summed E-state index contributed by atoms with van der Waals surface area (Å²) in [4.78, 5) is 1.92. The van der Waals surface area contributed by atoms with Crippen LogP contribution in [0.5, 0.6) is 5.75 Å². The molecule has 0 bridgehead atoms. The van der Waals surface area contributed by atoms with E-state index in [2.05, 4.69) is 15.4 Å². The summed E-state index contributed by atoms with van der Waals surface area (Å²) in [7, 11) is 3.57. The molecule has 0 unspecified atom stereocenters. The third-order valence-corrected chi connectivity index (χ3v) is 2.29. The Labute approximate surface area is 93.7 Å². The molecule has 0 aliphatic carbocycles. The van der Waals surface area contributed by atoms with Crippen molar-refractivity contribution in [2.24, 2.45) is 0 Å². The second-order valence-corrected chi connectivity index (χ2v) is 3.24. The van der Waals surface area contributed by atoms with Crippen molar-refractivity contribution in [3.63, 3.8) is 0 Å². The highest BCUT2D eigenvalue weighted by Gasteiger charge is 2.04. The fourth-order valence-electron chi connectivity index (χ4n) is 1.35. The number of anilines is 2. The van der Waals surface area contributed by atoms with Crippen LogP contribution >= 0.6 is 0 Å². The number of rotatable bonds is 3. The molecule has 0 spiro atoms. The number of nitrogens with zero attached hydrogens (tertiary/aromatic N) is 4. The van der Waals surface area contributed by atoms with Crippen LogP contribution in [-0.2, 0) is 0 Å². The molecule has 16 heavy (non-hydrogen) atoms. The molecule has 0 N–H and O–H groups in total. The predicted molar refractivity (Wildman–Crippen MR) is 60.9 cm³/mol. The van der Waals surface area contributed by atoms with Crippen LogP contribution in [0, 0.1) is 0 Å². The van der Waals surface area contributed by atoms with Gasteiger partial charge in [-0.2, -0.15) is 0 Å². The molecule has 0 aliphatic rings. The largest absolute Gasteiger partial charge is 0.497 e. The first-order chi connectivity index (χ1) is 7.81. The molecule has 2 aromatic rings. The summed E-state index contributed by atoms with van der Waals surface area (Å²) in [6, 6.07) is 9.53. The van der Waals surface area contributed by atoms with Crippen molar-refractivity contribution in [3.8, 4) is 5.75 Å². The molecule has 5 nitrogen and oxygen atoms in total. The molecule has 82 valence electrons. The van der Waals surface area contributed by atoms with Gasteiger partial charge < -0.3 is 9.64 Å². The zero-order chi connectivity index (χ0) is 11.4. The van der Waals surface area contributed by atoms with Crippen molar-refractivity contribution in [1.82, 2.24) is 15.4 Å². The van der Waals surface area contributed by atoms with E-state index in [9.17, 15) is 0 Å². The summed E-state index contributed by atoms with van der Waals surface area (Å²) >= 11 is 0. The van der Waals surface area contributed by atoms with Gasteiger partial charge in [0.1, 0.15) is 5.75 Å². The standard InChI is InChI=1S/C11H12N4O/c1-15(11-7-8-12-14-13-11)9-3-5-10(16-2)6-4-9/h3-8H,1-2H3. The maximum absolute atomic E-state index is 5.10. The molecular formula is C11H12N4O. The molecule has 0 saturated heterocycles. The highest BCUT2D eigenvalue weighted by atomic mass is 16.5. The molecule has 2 rings (SSSR count). The lowest BCUT2D eigenvalue weighted by Crippen LogP contribution is -2.11. The summed E-state index contributed by atoms with van der Waals surface area (Å²) in [6.45, 7) is 0. The van der Waals surface area contributed by atoms with Gasteiger partial charge in [-0.1, -0.05) is 0 Å². The summed E-state index contributed by atoms with van der Waals surface area (Å²) in [5.41, 5.74) is 1.02. The van der Waals surface area contributed by atoms with Crippen LogP contribution in [0.4, 0.5) is 11.5 Å². The number of hydrogen-bond acceptors (Lipinski definition) is 5. The fraction of sp³-hybridized carbons (Fsp3) is 0.182. The Morgan fingerprint density at radius 2 is 1.88 bits per heavy atom. The van der Waals surface area contributed by atoms with Crippen LogP contribution in [0.25, 0.3) is 0 Å². The number of hydrogen-bond donors (Lipinski definition) is 0. The SMILES string of the molecule is COc1ccc(N(C)c2ccnnn2)cc1. The molecule has 1 aromatic carbocycles. The van der Waals surface area contributed by atoms with Crippen LogP contribution < -0.4 is 9.64 Å². The minimum absolute atomic E-state index is 0.750. The Kier molecular flexibility index (Phi) is 2.95. The monoisotopic (exact) mass is 216 g/mol. The predicted octanol–water partition coefficient (Wildman–Crippen LogP) is 1.65. The third kappa shape index (κ3) is 2.08. The van der Waals surface area contributed by atoms with Crippen LogP contribution in [0.3, 0.4) is 0 Å². The van der Waals surface area contributed by atoms with E-state index in [1.807, 2.05) is 36.2 Å². The van der Waals surface area contributed by atoms with Crippen molar-refractivity contribution in [2.45, 2.75) is 0 Å². The maximum Gasteiger partial charge on any atom is 0.158 e. The average Bonchev–Trinajstić information content (AvgIpc) is 2.39. The first-order valence-corrected chi connectivity index (χ1v) is 4.83. The van der Waals surface area contributed by atoms with Gasteiger partial charge >= 0.3 is 0 Å². The lowest BCUT2D eigenvalue weighted by Gasteiger charge is -2.17. The third-order valence-electron chi connectivity index (χ3n) is 2.29. The molecule has 0 aliphatic heterocycles. The van der Waals surface area contributed by atoms with Crippen LogP contribution in [0.15, 0.2) is 36.5 Å². The molecule has 0 radical (unpaired) electrons. The topological polar surface area (TPSA) is 51.1 Å². The fourth-order valence-corrected chi connectivity index (χ4v) is 1.35. The Morgan fingerprint density at radius 1 is 1.12 bits per heavy atom. The molecule has 1 heterocycles. The average molecular weight is 216 g/mol. The van der Waals surface area contributed by atoms with E-state index >= 15 is 0 Å². The van der Waals surface area contributed by atoms with Crippen LogP contribution in [0.2, 0.25) is 0 Å². The Hall–Kier alpha value is -2.17. The summed E-state index contributed by atoms with van der Waals surface area (Å²) in [5, 5.41) is 11.2. The van der Waals surface area contributed by atoms with Crippen molar-refractivity contribution >= 4 is 11.5 Å². The lowest BCUT2D eigenvalue weighted by molar-refractivity contribution is 0.415. The van der Waals surface area contributed by atoms with Gasteiger partial charge in [0, 0.05) is 18.8 Å². The molecule has 1 aromatic heterocycles. The van der Waals surface area contributed by atoms with E-state index in [1.165, 1.54) is 0 Å². The zero-order valence-corrected chi connectivity index (χ0v) is 9.16. The van der Waals surface area contributed by atoms with Gasteiger partial charge in [0.2, 0.25) is 0 Å². The zero-order valence-electron chi connectivity index (χ0n) is 9.16. The van der Waals surface area contributed by atoms with Crippen LogP contribution in [-0.4, -0.2) is 29.6 Å². The smallest absolute Gasteiger partial charge is 0.158 e.